The van der Waals surface area contributed by atoms with Crippen molar-refractivity contribution in [2.75, 3.05) is 20.9 Å². The number of hydrogen-bond donors (Lipinski definition) is 2. The van der Waals surface area contributed by atoms with Crippen LogP contribution in [0.2, 0.25) is 0 Å². The molecule has 0 spiro atoms. The molecule has 2 N–H and O–H groups in total. The highest BCUT2D eigenvalue weighted by Gasteiger charge is 2.28. The second-order valence-electron chi connectivity index (χ2n) is 9.01. The second-order valence-corrected chi connectivity index (χ2v) is 12.6. The van der Waals surface area contributed by atoms with Crippen molar-refractivity contribution < 1.29 is 21.6 Å². The second kappa shape index (κ2) is 11.8. The van der Waals surface area contributed by atoms with Crippen LogP contribution in [0, 0.1) is 13.8 Å². The van der Waals surface area contributed by atoms with Gasteiger partial charge in [0.2, 0.25) is 11.9 Å². The van der Waals surface area contributed by atoms with Crippen molar-refractivity contribution in [2.45, 2.75) is 37.0 Å². The Bertz CT molecular complexity index is 1720. The number of para-hydroxylation sites is 1. The Labute approximate surface area is 234 Å². The normalized spacial score (nSPS) is 11.6. The van der Waals surface area contributed by atoms with Crippen LogP contribution < -0.4 is 14.3 Å². The van der Waals surface area contributed by atoms with E-state index in [0.717, 1.165) is 15.4 Å². The molecule has 4 rings (SSSR count). The molecule has 3 aromatic carbocycles. The summed E-state index contributed by atoms with van der Waals surface area (Å²) in [5, 5.41) is 2.66. The minimum absolute atomic E-state index is 0.0559. The van der Waals surface area contributed by atoms with Gasteiger partial charge in [-0.3, -0.25) is 9.10 Å². The van der Waals surface area contributed by atoms with Gasteiger partial charge in [0, 0.05) is 17.6 Å². The molecular formula is C28H29N5O5S2. The van der Waals surface area contributed by atoms with Crippen molar-refractivity contribution in [1.82, 2.24) is 9.97 Å². The Morgan fingerprint density at radius 3 is 2.15 bits per heavy atom. The molecule has 40 heavy (non-hydrogen) atoms. The van der Waals surface area contributed by atoms with Gasteiger partial charge in [0.25, 0.3) is 20.0 Å². The number of sulfonamides is 2. The lowest BCUT2D eigenvalue weighted by atomic mass is 10.1. The average Bonchev–Trinajstić information content (AvgIpc) is 2.92. The van der Waals surface area contributed by atoms with Gasteiger partial charge in [-0.2, -0.15) is 0 Å². The minimum atomic E-state index is -4.08. The van der Waals surface area contributed by atoms with Crippen LogP contribution in [0.4, 0.5) is 17.3 Å². The Morgan fingerprint density at radius 2 is 1.50 bits per heavy atom. The van der Waals surface area contributed by atoms with Crippen LogP contribution >= 0.6 is 0 Å². The minimum Gasteiger partial charge on any atom is -0.325 e. The van der Waals surface area contributed by atoms with E-state index in [1.807, 2.05) is 26.0 Å². The third kappa shape index (κ3) is 6.64. The Hall–Kier alpha value is -4.29. The number of aromatic nitrogens is 2. The molecule has 0 radical (unpaired) electrons. The number of anilines is 3. The molecular weight excluding hydrogens is 550 g/mol. The first-order valence-electron chi connectivity index (χ1n) is 12.4. The molecule has 208 valence electrons. The molecule has 0 atom stereocenters. The maximum Gasteiger partial charge on any atom is 0.264 e. The maximum absolute atomic E-state index is 13.7. The SMILES string of the molecule is CCc1ccccc1N(CC(=O)Nc1ccc(S(=O)(=O)Nc2nccc(C)n2)cc1)S(=O)(=O)c1ccc(C)cc1. The molecule has 0 unspecified atom stereocenters. The molecule has 0 aliphatic rings. The summed E-state index contributed by atoms with van der Waals surface area (Å²) < 4.78 is 56.2. The molecule has 0 fully saturated rings. The van der Waals surface area contributed by atoms with Gasteiger partial charge < -0.3 is 5.32 Å². The third-order valence-electron chi connectivity index (χ3n) is 6.01. The fourth-order valence-electron chi connectivity index (χ4n) is 3.92. The first-order chi connectivity index (χ1) is 19.0. The van der Waals surface area contributed by atoms with Crippen LogP contribution in [0.25, 0.3) is 0 Å². The summed E-state index contributed by atoms with van der Waals surface area (Å²) in [5.41, 5.74) is 2.99. The number of amides is 1. The van der Waals surface area contributed by atoms with E-state index in [2.05, 4.69) is 20.0 Å². The van der Waals surface area contributed by atoms with E-state index in [0.29, 0.717) is 23.5 Å². The highest BCUT2D eigenvalue weighted by Crippen LogP contribution is 2.28. The van der Waals surface area contributed by atoms with Crippen LogP contribution in [0.5, 0.6) is 0 Å². The summed E-state index contributed by atoms with van der Waals surface area (Å²) in [7, 11) is -8.04. The number of nitrogens with one attached hydrogen (secondary N) is 2. The fraction of sp³-hybridized carbons (Fsp3) is 0.179. The molecule has 0 aliphatic carbocycles. The lowest BCUT2D eigenvalue weighted by Crippen LogP contribution is -2.38. The van der Waals surface area contributed by atoms with E-state index >= 15 is 0 Å². The third-order valence-corrected chi connectivity index (χ3v) is 9.12. The van der Waals surface area contributed by atoms with Crippen molar-refractivity contribution in [1.29, 1.82) is 0 Å². The quantitative estimate of drug-likeness (QED) is 0.286. The van der Waals surface area contributed by atoms with Crippen LogP contribution in [0.3, 0.4) is 0 Å². The summed E-state index contributed by atoms with van der Waals surface area (Å²) in [6.07, 6.45) is 2.01. The van der Waals surface area contributed by atoms with E-state index in [-0.39, 0.29) is 15.7 Å². The first kappa shape index (κ1) is 28.7. The number of nitrogens with zero attached hydrogens (tertiary/aromatic N) is 3. The lowest BCUT2D eigenvalue weighted by molar-refractivity contribution is -0.114. The van der Waals surface area contributed by atoms with Crippen molar-refractivity contribution in [2.24, 2.45) is 0 Å². The van der Waals surface area contributed by atoms with Gasteiger partial charge in [-0.15, -0.1) is 0 Å². The number of rotatable bonds is 10. The smallest absolute Gasteiger partial charge is 0.264 e. The summed E-state index contributed by atoms with van der Waals surface area (Å²) in [6, 6.07) is 20.6. The number of aryl methyl sites for hydroxylation is 3. The Balaban J connectivity index is 1.56. The molecule has 1 heterocycles. The molecule has 1 aromatic heterocycles. The van der Waals surface area contributed by atoms with Gasteiger partial charge in [0.05, 0.1) is 15.5 Å². The van der Waals surface area contributed by atoms with Gasteiger partial charge in [0.15, 0.2) is 0 Å². The molecule has 1 amide bonds. The Morgan fingerprint density at radius 1 is 0.850 bits per heavy atom. The van der Waals surface area contributed by atoms with Crippen molar-refractivity contribution in [3.05, 3.63) is 102 Å². The number of carbonyl (C=O) groups excluding carboxylic acids is 1. The van der Waals surface area contributed by atoms with E-state index < -0.39 is 32.5 Å². The van der Waals surface area contributed by atoms with Crippen molar-refractivity contribution in [3.63, 3.8) is 0 Å². The highest BCUT2D eigenvalue weighted by molar-refractivity contribution is 7.93. The van der Waals surface area contributed by atoms with E-state index in [9.17, 15) is 21.6 Å². The largest absolute Gasteiger partial charge is 0.325 e. The molecule has 0 aliphatic heterocycles. The molecule has 0 saturated carbocycles. The topological polar surface area (TPSA) is 138 Å². The molecule has 0 saturated heterocycles. The first-order valence-corrected chi connectivity index (χ1v) is 15.3. The zero-order valence-electron chi connectivity index (χ0n) is 22.2. The van der Waals surface area contributed by atoms with E-state index in [1.54, 1.807) is 37.3 Å². The van der Waals surface area contributed by atoms with Gasteiger partial charge in [-0.1, -0.05) is 42.8 Å². The van der Waals surface area contributed by atoms with Gasteiger partial charge in [-0.25, -0.2) is 31.5 Å². The van der Waals surface area contributed by atoms with Gasteiger partial charge in [0.1, 0.15) is 6.54 Å². The standard InChI is InChI=1S/C28H29N5O5S2/c1-4-22-7-5-6-8-26(22)33(40(37,38)25-13-9-20(2)10-14-25)19-27(34)31-23-11-15-24(16-12-23)39(35,36)32-28-29-18-17-21(3)30-28/h5-18H,4,19H2,1-3H3,(H,31,34)(H,29,30,32). The summed E-state index contributed by atoms with van der Waals surface area (Å²) in [6.45, 7) is 4.99. The van der Waals surface area contributed by atoms with Crippen LogP contribution in [-0.2, 0) is 31.3 Å². The van der Waals surface area contributed by atoms with Gasteiger partial charge >= 0.3 is 0 Å². The maximum atomic E-state index is 13.7. The average molecular weight is 580 g/mol. The summed E-state index contributed by atoms with van der Waals surface area (Å²) in [4.78, 5) is 21.1. The highest BCUT2D eigenvalue weighted by atomic mass is 32.2. The fourth-order valence-corrected chi connectivity index (χ4v) is 6.33. The molecule has 0 bridgehead atoms. The summed E-state index contributed by atoms with van der Waals surface area (Å²) >= 11 is 0. The zero-order chi connectivity index (χ0) is 28.9. The predicted octanol–water partition coefficient (Wildman–Crippen LogP) is 4.29. The van der Waals surface area contributed by atoms with Gasteiger partial charge in [-0.05, 0) is 74.4 Å². The number of hydrogen-bond acceptors (Lipinski definition) is 7. The van der Waals surface area contributed by atoms with E-state index in [1.165, 1.54) is 42.6 Å². The zero-order valence-corrected chi connectivity index (χ0v) is 23.8. The van der Waals surface area contributed by atoms with Crippen LogP contribution in [0.15, 0.2) is 94.9 Å². The number of carbonyl (C=O) groups is 1. The van der Waals surface area contributed by atoms with Crippen LogP contribution in [-0.4, -0.2) is 39.3 Å². The van der Waals surface area contributed by atoms with E-state index in [4.69, 9.17) is 0 Å². The lowest BCUT2D eigenvalue weighted by Gasteiger charge is -2.26. The predicted molar refractivity (Wildman–Crippen MR) is 154 cm³/mol. The molecule has 4 aromatic rings. The number of benzene rings is 3. The van der Waals surface area contributed by atoms with Crippen molar-refractivity contribution >= 4 is 43.3 Å². The molecule has 10 nitrogen and oxygen atoms in total. The van der Waals surface area contributed by atoms with Crippen molar-refractivity contribution in [3.8, 4) is 0 Å². The van der Waals surface area contributed by atoms with Crippen LogP contribution in [0.1, 0.15) is 23.7 Å². The molecule has 12 heteroatoms. The Kier molecular flexibility index (Phi) is 8.50. The monoisotopic (exact) mass is 579 g/mol. The summed E-state index contributed by atoms with van der Waals surface area (Å²) in [5.74, 6) is -0.650.